The summed E-state index contributed by atoms with van der Waals surface area (Å²) in [4.78, 5) is 26.6. The molecular weight excluding hydrogens is 372 g/mol. The second kappa shape index (κ2) is 10.7. The summed E-state index contributed by atoms with van der Waals surface area (Å²) in [5.74, 6) is 1.03. The molecule has 1 amide bonds. The van der Waals surface area contributed by atoms with Gasteiger partial charge in [0.25, 0.3) is 5.91 Å². The molecule has 0 radical (unpaired) electrons. The molecule has 0 spiro atoms. The molecule has 1 aromatic heterocycles. The lowest BCUT2D eigenvalue weighted by Gasteiger charge is -2.18. The number of nitrogens with one attached hydrogen (secondary N) is 1. The van der Waals surface area contributed by atoms with Gasteiger partial charge in [-0.25, -0.2) is 0 Å². The first-order valence-corrected chi connectivity index (χ1v) is 10.0. The van der Waals surface area contributed by atoms with E-state index in [-0.39, 0.29) is 23.7 Å². The molecule has 1 aliphatic heterocycles. The zero-order valence-corrected chi connectivity index (χ0v) is 16.8. The fourth-order valence-corrected chi connectivity index (χ4v) is 3.38. The number of benzene rings is 1. The van der Waals surface area contributed by atoms with E-state index in [4.69, 9.17) is 13.9 Å². The smallest absolute Gasteiger partial charge is 0.258 e. The predicted molar refractivity (Wildman–Crippen MR) is 109 cm³/mol. The largest absolute Gasteiger partial charge is 0.496 e. The minimum atomic E-state index is -0.330. The Morgan fingerprint density at radius 1 is 1.14 bits per heavy atom. The van der Waals surface area contributed by atoms with Gasteiger partial charge in [0.05, 0.1) is 13.7 Å². The molecule has 1 fully saturated rings. The van der Waals surface area contributed by atoms with E-state index in [0.29, 0.717) is 24.6 Å². The maximum absolute atomic E-state index is 12.3. The van der Waals surface area contributed by atoms with E-state index in [1.54, 1.807) is 7.11 Å². The number of carbonyl (C=O) groups is 1. The van der Waals surface area contributed by atoms with Crippen LogP contribution >= 0.6 is 0 Å². The SMILES string of the molecule is COc1ccccc1CNC(=O)COc1coc(CN2CCCCCC2)cc1=O. The molecule has 0 aliphatic carbocycles. The Kier molecular flexibility index (Phi) is 7.69. The highest BCUT2D eigenvalue weighted by molar-refractivity contribution is 5.77. The zero-order valence-electron chi connectivity index (χ0n) is 16.8. The second-order valence-electron chi connectivity index (χ2n) is 7.14. The van der Waals surface area contributed by atoms with Gasteiger partial charge >= 0.3 is 0 Å². The van der Waals surface area contributed by atoms with E-state index >= 15 is 0 Å². The van der Waals surface area contributed by atoms with Crippen molar-refractivity contribution in [3.8, 4) is 11.5 Å². The molecule has 0 atom stereocenters. The Bertz CT molecular complexity index is 856. The molecule has 1 saturated heterocycles. The van der Waals surface area contributed by atoms with Crippen LogP contribution in [0.15, 0.2) is 45.8 Å². The Morgan fingerprint density at radius 3 is 2.62 bits per heavy atom. The molecule has 1 aliphatic rings. The lowest BCUT2D eigenvalue weighted by molar-refractivity contribution is -0.123. The topological polar surface area (TPSA) is 81.0 Å². The van der Waals surface area contributed by atoms with Gasteiger partial charge in [-0.2, -0.15) is 0 Å². The van der Waals surface area contributed by atoms with Crippen LogP contribution in [0.5, 0.6) is 11.5 Å². The molecule has 156 valence electrons. The Balaban J connectivity index is 1.48. The number of rotatable bonds is 8. The minimum absolute atomic E-state index is 0.0389. The lowest BCUT2D eigenvalue weighted by Crippen LogP contribution is -2.29. The number of nitrogens with zero attached hydrogens (tertiary/aromatic N) is 1. The predicted octanol–water partition coefficient (Wildman–Crippen LogP) is 2.72. The van der Waals surface area contributed by atoms with Crippen molar-refractivity contribution < 1.29 is 18.7 Å². The van der Waals surface area contributed by atoms with Gasteiger partial charge in [0, 0.05) is 18.2 Å². The number of hydrogen-bond donors (Lipinski definition) is 1. The molecule has 0 saturated carbocycles. The molecule has 7 nitrogen and oxygen atoms in total. The van der Waals surface area contributed by atoms with Gasteiger partial charge in [0.2, 0.25) is 11.2 Å². The summed E-state index contributed by atoms with van der Waals surface area (Å²) in [5, 5.41) is 2.75. The van der Waals surface area contributed by atoms with Crippen molar-refractivity contribution in [3.05, 3.63) is 58.1 Å². The summed E-state index contributed by atoms with van der Waals surface area (Å²) in [6.07, 6.45) is 6.16. The van der Waals surface area contributed by atoms with Crippen LogP contribution in [0.25, 0.3) is 0 Å². The number of likely N-dealkylation sites (tertiary alicyclic amines) is 1. The van der Waals surface area contributed by atoms with Gasteiger partial charge in [-0.1, -0.05) is 31.0 Å². The van der Waals surface area contributed by atoms with Crippen molar-refractivity contribution >= 4 is 5.91 Å². The summed E-state index contributed by atoms with van der Waals surface area (Å²) in [5.41, 5.74) is 0.583. The third kappa shape index (κ3) is 6.35. The third-order valence-corrected chi connectivity index (χ3v) is 4.96. The van der Waals surface area contributed by atoms with Crippen molar-refractivity contribution in [2.45, 2.75) is 38.8 Å². The fourth-order valence-electron chi connectivity index (χ4n) is 3.38. The van der Waals surface area contributed by atoms with Crippen LogP contribution in [0.4, 0.5) is 0 Å². The quantitative estimate of drug-likeness (QED) is 0.734. The third-order valence-electron chi connectivity index (χ3n) is 4.96. The van der Waals surface area contributed by atoms with Crippen LogP contribution in [-0.2, 0) is 17.9 Å². The first-order chi connectivity index (χ1) is 14.2. The average molecular weight is 400 g/mol. The number of para-hydroxylation sites is 1. The lowest BCUT2D eigenvalue weighted by atomic mass is 10.2. The fraction of sp³-hybridized carbons (Fsp3) is 0.455. The second-order valence-corrected chi connectivity index (χ2v) is 7.14. The van der Waals surface area contributed by atoms with Crippen LogP contribution in [0.2, 0.25) is 0 Å². The summed E-state index contributed by atoms with van der Waals surface area (Å²) in [6.45, 7) is 2.72. The van der Waals surface area contributed by atoms with Gasteiger partial charge in [-0.05, 0) is 32.0 Å². The molecular formula is C22H28N2O5. The standard InChI is InChI=1S/C22H28N2O5/c1-27-20-9-5-4-8-17(20)13-23-22(26)16-29-21-15-28-18(12-19(21)25)14-24-10-6-2-3-7-11-24/h4-5,8-9,12,15H,2-3,6-7,10-11,13-14,16H2,1H3,(H,23,26). The molecule has 2 heterocycles. The van der Waals surface area contributed by atoms with Crippen LogP contribution < -0.4 is 20.2 Å². The van der Waals surface area contributed by atoms with Crippen molar-refractivity contribution in [1.29, 1.82) is 0 Å². The highest BCUT2D eigenvalue weighted by Crippen LogP contribution is 2.17. The Hall–Kier alpha value is -2.80. The van der Waals surface area contributed by atoms with Gasteiger partial charge < -0.3 is 19.2 Å². The van der Waals surface area contributed by atoms with E-state index in [1.165, 1.54) is 38.0 Å². The number of ether oxygens (including phenoxy) is 2. The van der Waals surface area contributed by atoms with E-state index < -0.39 is 0 Å². The van der Waals surface area contributed by atoms with Crippen molar-refractivity contribution in [3.63, 3.8) is 0 Å². The maximum atomic E-state index is 12.3. The average Bonchev–Trinajstić information content (AvgIpc) is 3.00. The zero-order chi connectivity index (χ0) is 20.5. The first-order valence-electron chi connectivity index (χ1n) is 10.0. The Morgan fingerprint density at radius 2 is 1.90 bits per heavy atom. The van der Waals surface area contributed by atoms with E-state index in [9.17, 15) is 9.59 Å². The monoisotopic (exact) mass is 400 g/mol. The van der Waals surface area contributed by atoms with Gasteiger partial charge in [-0.15, -0.1) is 0 Å². The van der Waals surface area contributed by atoms with E-state index in [1.807, 2.05) is 24.3 Å². The summed E-state index contributed by atoms with van der Waals surface area (Å²) < 4.78 is 16.2. The van der Waals surface area contributed by atoms with Crippen LogP contribution in [0, 0.1) is 0 Å². The summed E-state index contributed by atoms with van der Waals surface area (Å²) >= 11 is 0. The summed E-state index contributed by atoms with van der Waals surface area (Å²) in [7, 11) is 1.58. The van der Waals surface area contributed by atoms with E-state index in [0.717, 1.165) is 18.7 Å². The van der Waals surface area contributed by atoms with Crippen LogP contribution in [-0.4, -0.2) is 37.6 Å². The van der Waals surface area contributed by atoms with Gasteiger partial charge in [0.1, 0.15) is 17.8 Å². The van der Waals surface area contributed by atoms with Crippen LogP contribution in [0.3, 0.4) is 0 Å². The van der Waals surface area contributed by atoms with Crippen molar-refractivity contribution in [2.75, 3.05) is 26.8 Å². The summed E-state index contributed by atoms with van der Waals surface area (Å²) in [6, 6.07) is 8.89. The van der Waals surface area contributed by atoms with Gasteiger partial charge in [0.15, 0.2) is 6.61 Å². The van der Waals surface area contributed by atoms with E-state index in [2.05, 4.69) is 10.2 Å². The normalized spacial score (nSPS) is 14.8. The Labute approximate surface area is 170 Å². The highest BCUT2D eigenvalue weighted by Gasteiger charge is 2.13. The minimum Gasteiger partial charge on any atom is -0.496 e. The maximum Gasteiger partial charge on any atom is 0.258 e. The van der Waals surface area contributed by atoms with Crippen LogP contribution in [0.1, 0.15) is 37.0 Å². The first kappa shape index (κ1) is 20.9. The highest BCUT2D eigenvalue weighted by atomic mass is 16.5. The number of amides is 1. The number of methoxy groups -OCH3 is 1. The molecule has 29 heavy (non-hydrogen) atoms. The molecule has 0 unspecified atom stereocenters. The molecule has 1 N–H and O–H groups in total. The number of hydrogen-bond acceptors (Lipinski definition) is 6. The van der Waals surface area contributed by atoms with Crippen molar-refractivity contribution in [1.82, 2.24) is 10.2 Å². The van der Waals surface area contributed by atoms with Gasteiger partial charge in [-0.3, -0.25) is 14.5 Å². The number of carbonyl (C=O) groups excluding carboxylic acids is 1. The molecule has 2 aromatic rings. The molecule has 0 bridgehead atoms. The molecule has 7 heteroatoms. The molecule has 3 rings (SSSR count). The molecule has 1 aromatic carbocycles. The van der Waals surface area contributed by atoms with Crippen molar-refractivity contribution in [2.24, 2.45) is 0 Å².